The number of hydrogen-bond donors (Lipinski definition) is 2. The minimum absolute atomic E-state index is 0.354. The van der Waals surface area contributed by atoms with Crippen LogP contribution in [0, 0.1) is 0 Å². The molecule has 0 aromatic carbocycles. The third kappa shape index (κ3) is 23.1. The summed E-state index contributed by atoms with van der Waals surface area (Å²) in [6.45, 7) is 4.06. The molecule has 0 unspecified atom stereocenters. The van der Waals surface area contributed by atoms with Crippen LogP contribution in [-0.2, 0) is 33.5 Å². The minimum atomic E-state index is -1.42. The SMILES string of the molecule is CCC(Cl)(Cl)OO.CCCOO.[O]=[Ti]. The summed E-state index contributed by atoms with van der Waals surface area (Å²) in [7, 11) is 0. The van der Waals surface area contributed by atoms with Crippen molar-refractivity contribution in [3.8, 4) is 0 Å². The second kappa shape index (κ2) is 16.4. The first-order valence-electron chi connectivity index (χ1n) is 3.71. The molecule has 0 saturated heterocycles. The fourth-order valence-corrected chi connectivity index (χ4v) is 0.156. The molecule has 0 aliphatic carbocycles. The van der Waals surface area contributed by atoms with Crippen LogP contribution in [0.2, 0.25) is 0 Å². The first-order chi connectivity index (χ1) is 6.54. The molecular weight excluding hydrogens is 271 g/mol. The maximum absolute atomic E-state index is 8.25. The molecule has 5 nitrogen and oxygen atoms in total. The van der Waals surface area contributed by atoms with Gasteiger partial charge in [-0.1, -0.05) is 37.0 Å². The van der Waals surface area contributed by atoms with E-state index in [2.05, 4.69) is 9.78 Å². The maximum atomic E-state index is 8.25. The monoisotopic (exact) mass is 284 g/mol. The molecule has 0 fully saturated rings. The predicted molar refractivity (Wildman–Crippen MR) is 48.0 cm³/mol. The van der Waals surface area contributed by atoms with Crippen molar-refractivity contribution >= 4 is 23.2 Å². The van der Waals surface area contributed by atoms with Crippen LogP contribution < -0.4 is 0 Å². The molecule has 14 heavy (non-hydrogen) atoms. The third-order valence-corrected chi connectivity index (χ3v) is 1.51. The molecule has 0 saturated carbocycles. The molecule has 2 N–H and O–H groups in total. The molecule has 0 spiro atoms. The van der Waals surface area contributed by atoms with Gasteiger partial charge in [-0.3, -0.25) is 5.26 Å². The molecule has 8 heteroatoms. The normalized spacial score (nSPS) is 9.21. The van der Waals surface area contributed by atoms with E-state index in [9.17, 15) is 0 Å². The summed E-state index contributed by atoms with van der Waals surface area (Å²) in [5, 5.41) is 15.4. The molecule has 0 aliphatic heterocycles. The summed E-state index contributed by atoms with van der Waals surface area (Å²) in [6, 6.07) is 0. The summed E-state index contributed by atoms with van der Waals surface area (Å²) in [4.78, 5) is 7.31. The van der Waals surface area contributed by atoms with Gasteiger partial charge in [-0.15, -0.1) is 0 Å². The first-order valence-corrected chi connectivity index (χ1v) is 5.10. The summed E-state index contributed by atoms with van der Waals surface area (Å²) < 4.78 is 6.83. The van der Waals surface area contributed by atoms with E-state index in [0.29, 0.717) is 13.0 Å². The summed E-state index contributed by atoms with van der Waals surface area (Å²) in [6.07, 6.45) is 1.23. The van der Waals surface area contributed by atoms with E-state index in [-0.39, 0.29) is 0 Å². The summed E-state index contributed by atoms with van der Waals surface area (Å²) in [5.74, 6) is 0. The van der Waals surface area contributed by atoms with Gasteiger partial charge >= 0.3 is 23.7 Å². The van der Waals surface area contributed by atoms with Crippen LogP contribution in [0.4, 0.5) is 0 Å². The van der Waals surface area contributed by atoms with Crippen LogP contribution in [0.3, 0.4) is 0 Å². The Bertz CT molecular complexity index is 98.2. The predicted octanol–water partition coefficient (Wildman–Crippen LogP) is 2.78. The summed E-state index contributed by atoms with van der Waals surface area (Å²) >= 11 is 11.1. The molecule has 0 heterocycles. The van der Waals surface area contributed by atoms with Gasteiger partial charge in [-0.25, -0.2) is 10.1 Å². The Labute approximate surface area is 105 Å². The molecule has 0 aliphatic rings. The van der Waals surface area contributed by atoms with E-state index >= 15 is 0 Å². The molecule has 0 atom stereocenters. The van der Waals surface area contributed by atoms with Crippen LogP contribution in [0.15, 0.2) is 0 Å². The van der Waals surface area contributed by atoms with Crippen LogP contribution in [0.25, 0.3) is 0 Å². The third-order valence-electron chi connectivity index (χ3n) is 0.841. The second-order valence-electron chi connectivity index (χ2n) is 1.92. The van der Waals surface area contributed by atoms with E-state index in [1.54, 1.807) is 6.92 Å². The Kier molecular flexibility index (Phi) is 23.8. The van der Waals surface area contributed by atoms with Gasteiger partial charge in [0.1, 0.15) is 0 Å². The van der Waals surface area contributed by atoms with Crippen molar-refractivity contribution in [3.63, 3.8) is 0 Å². The van der Waals surface area contributed by atoms with Crippen molar-refractivity contribution in [1.82, 2.24) is 0 Å². The van der Waals surface area contributed by atoms with Crippen molar-refractivity contribution in [2.45, 2.75) is 31.2 Å². The van der Waals surface area contributed by atoms with Gasteiger partial charge in [-0.2, -0.15) is 4.89 Å². The number of rotatable bonds is 4. The van der Waals surface area contributed by atoms with E-state index in [1.807, 2.05) is 6.92 Å². The van der Waals surface area contributed by atoms with Gasteiger partial charge < -0.3 is 0 Å². The Morgan fingerprint density at radius 1 is 1.29 bits per heavy atom. The van der Waals surface area contributed by atoms with Crippen molar-refractivity contribution < 1.29 is 44.0 Å². The van der Waals surface area contributed by atoms with E-state index in [0.717, 1.165) is 26.8 Å². The van der Waals surface area contributed by atoms with Gasteiger partial charge in [-0.05, 0) is 6.42 Å². The van der Waals surface area contributed by atoms with Crippen LogP contribution >= 0.6 is 23.2 Å². The second-order valence-corrected chi connectivity index (χ2v) is 3.33. The number of halogens is 2. The fraction of sp³-hybridized carbons (Fsp3) is 1.00. The standard InChI is InChI=1S/C3H6Cl2O2.C3H8O2.O.Ti/c1-2-3(4,5)7-6;1-2-3-5-4;;/h6H,2H2,1H3;4H,2-3H2,1H3;;. The summed E-state index contributed by atoms with van der Waals surface area (Å²) in [5.41, 5.74) is 0. The molecule has 86 valence electrons. The topological polar surface area (TPSA) is 76.0 Å². The van der Waals surface area contributed by atoms with Gasteiger partial charge in [0, 0.05) is 6.42 Å². The Morgan fingerprint density at radius 2 is 1.71 bits per heavy atom. The fourth-order valence-electron chi connectivity index (χ4n) is 0.156. The van der Waals surface area contributed by atoms with Gasteiger partial charge in [0.25, 0.3) is 0 Å². The van der Waals surface area contributed by atoms with E-state index < -0.39 is 4.52 Å². The molecule has 0 radical (unpaired) electrons. The van der Waals surface area contributed by atoms with Crippen molar-refractivity contribution in [2.75, 3.05) is 6.61 Å². The molecular formula is C6H14Cl2O5Ti. The van der Waals surface area contributed by atoms with Crippen LogP contribution in [0.1, 0.15) is 26.7 Å². The van der Waals surface area contributed by atoms with E-state index in [4.69, 9.17) is 37.0 Å². The number of hydrogen-bond acceptors (Lipinski definition) is 5. The zero-order valence-electron chi connectivity index (χ0n) is 8.00. The molecule has 0 rings (SSSR count). The van der Waals surface area contributed by atoms with Gasteiger partial charge in [0.15, 0.2) is 0 Å². The number of alkyl halides is 2. The van der Waals surface area contributed by atoms with E-state index in [1.165, 1.54) is 0 Å². The molecule has 0 bridgehead atoms. The molecule has 0 aromatic heterocycles. The van der Waals surface area contributed by atoms with Crippen molar-refractivity contribution in [2.24, 2.45) is 0 Å². The quantitative estimate of drug-likeness (QED) is 0.359. The average molecular weight is 285 g/mol. The van der Waals surface area contributed by atoms with Crippen molar-refractivity contribution in [1.29, 1.82) is 0 Å². The zero-order chi connectivity index (χ0) is 12.0. The van der Waals surface area contributed by atoms with Gasteiger partial charge in [0.2, 0.25) is 4.52 Å². The van der Waals surface area contributed by atoms with Crippen LogP contribution in [-0.4, -0.2) is 21.6 Å². The average Bonchev–Trinajstić information content (AvgIpc) is 2.23. The Balaban J connectivity index is -0.000000152. The molecule has 0 amide bonds. The van der Waals surface area contributed by atoms with Crippen LogP contribution in [0.5, 0.6) is 0 Å². The Hall–Kier alpha value is 0.934. The molecule has 0 aromatic rings. The first kappa shape index (κ1) is 20.4. The van der Waals surface area contributed by atoms with Crippen molar-refractivity contribution in [3.05, 3.63) is 0 Å². The zero-order valence-corrected chi connectivity index (χ0v) is 11.1. The van der Waals surface area contributed by atoms with Gasteiger partial charge in [0.05, 0.1) is 6.61 Å². The Morgan fingerprint density at radius 3 is 1.71 bits per heavy atom.